The summed E-state index contributed by atoms with van der Waals surface area (Å²) in [6.45, 7) is 0. The molecule has 16 heavy (non-hydrogen) atoms. The van der Waals surface area contributed by atoms with Crippen molar-refractivity contribution in [2.45, 2.75) is 0 Å². The van der Waals surface area contributed by atoms with Crippen LogP contribution in [0.3, 0.4) is 0 Å². The lowest BCUT2D eigenvalue weighted by Crippen LogP contribution is -1.97. The van der Waals surface area contributed by atoms with E-state index in [1.165, 1.54) is 0 Å². The molecular formula is C12H5IO3. The Bertz CT molecular complexity index is 646. The summed E-state index contributed by atoms with van der Waals surface area (Å²) in [5.41, 5.74) is 0.750. The maximum atomic E-state index is 11.6. The Labute approximate surface area is 105 Å². The molecule has 0 spiro atoms. The van der Waals surface area contributed by atoms with Gasteiger partial charge < -0.3 is 4.74 Å². The predicted molar refractivity (Wildman–Crippen MR) is 66.4 cm³/mol. The van der Waals surface area contributed by atoms with Crippen molar-refractivity contribution in [1.82, 2.24) is 0 Å². The van der Waals surface area contributed by atoms with Crippen LogP contribution in [0, 0.1) is 3.57 Å². The number of carbonyl (C=O) groups is 2. The molecule has 1 heterocycles. The molecule has 3 rings (SSSR count). The maximum Gasteiger partial charge on any atom is 0.347 e. The van der Waals surface area contributed by atoms with Gasteiger partial charge in [-0.05, 0) is 45.5 Å². The van der Waals surface area contributed by atoms with E-state index in [-0.39, 0.29) is 0 Å². The Morgan fingerprint density at radius 2 is 1.75 bits per heavy atom. The molecule has 1 aliphatic rings. The van der Waals surface area contributed by atoms with Crippen molar-refractivity contribution in [1.29, 1.82) is 0 Å². The van der Waals surface area contributed by atoms with Gasteiger partial charge in [0.2, 0.25) is 0 Å². The Balaban J connectivity index is 2.50. The maximum absolute atomic E-state index is 11.6. The first-order valence-corrected chi connectivity index (χ1v) is 5.74. The zero-order valence-electron chi connectivity index (χ0n) is 7.99. The number of halogens is 1. The second-order valence-corrected chi connectivity index (χ2v) is 4.66. The lowest BCUT2D eigenvalue weighted by atomic mass is 10.0. The SMILES string of the molecule is O=C1OC(=O)c2c1ccc1c(I)cccc21. The van der Waals surface area contributed by atoms with Crippen LogP contribution in [0.5, 0.6) is 0 Å². The van der Waals surface area contributed by atoms with Crippen molar-refractivity contribution >= 4 is 45.3 Å². The van der Waals surface area contributed by atoms with Gasteiger partial charge in [0.1, 0.15) is 0 Å². The number of ether oxygens (including phenoxy) is 1. The van der Waals surface area contributed by atoms with Gasteiger partial charge in [-0.15, -0.1) is 0 Å². The summed E-state index contributed by atoms with van der Waals surface area (Å²) >= 11 is 2.20. The number of hydrogen-bond donors (Lipinski definition) is 0. The Morgan fingerprint density at radius 1 is 0.938 bits per heavy atom. The number of esters is 2. The normalized spacial score (nSPS) is 14.1. The van der Waals surface area contributed by atoms with E-state index in [0.29, 0.717) is 11.1 Å². The zero-order chi connectivity index (χ0) is 11.3. The van der Waals surface area contributed by atoms with E-state index in [0.717, 1.165) is 14.3 Å². The van der Waals surface area contributed by atoms with Crippen LogP contribution in [0.4, 0.5) is 0 Å². The van der Waals surface area contributed by atoms with Gasteiger partial charge in [0, 0.05) is 3.57 Å². The van der Waals surface area contributed by atoms with E-state index in [1.807, 2.05) is 24.3 Å². The molecule has 0 fully saturated rings. The number of fused-ring (bicyclic) bond motifs is 3. The lowest BCUT2D eigenvalue weighted by Gasteiger charge is -2.02. The van der Waals surface area contributed by atoms with E-state index in [9.17, 15) is 9.59 Å². The third kappa shape index (κ3) is 1.19. The minimum Gasteiger partial charge on any atom is -0.386 e. The third-order valence-electron chi connectivity index (χ3n) is 2.62. The molecule has 2 aromatic rings. The van der Waals surface area contributed by atoms with Gasteiger partial charge in [-0.2, -0.15) is 0 Å². The fourth-order valence-corrected chi connectivity index (χ4v) is 2.58. The molecule has 0 aromatic heterocycles. The largest absolute Gasteiger partial charge is 0.386 e. The number of cyclic esters (lactones) is 2. The van der Waals surface area contributed by atoms with Crippen LogP contribution in [0.25, 0.3) is 10.8 Å². The minimum absolute atomic E-state index is 0.361. The molecular weight excluding hydrogens is 319 g/mol. The zero-order valence-corrected chi connectivity index (χ0v) is 10.1. The van der Waals surface area contributed by atoms with Crippen molar-refractivity contribution in [3.8, 4) is 0 Å². The number of rotatable bonds is 0. The fourth-order valence-electron chi connectivity index (χ4n) is 1.90. The molecule has 0 N–H and O–H groups in total. The molecule has 0 atom stereocenters. The molecule has 78 valence electrons. The third-order valence-corrected chi connectivity index (χ3v) is 3.56. The highest BCUT2D eigenvalue weighted by Crippen LogP contribution is 2.30. The standard InChI is InChI=1S/C12H5IO3/c13-9-3-1-2-7-6(9)4-5-8-10(7)12(15)16-11(8)14/h1-5H. The van der Waals surface area contributed by atoms with Gasteiger partial charge in [0.25, 0.3) is 0 Å². The summed E-state index contributed by atoms with van der Waals surface area (Å²) in [5, 5.41) is 1.74. The number of hydrogen-bond acceptors (Lipinski definition) is 3. The van der Waals surface area contributed by atoms with Gasteiger partial charge in [-0.25, -0.2) is 9.59 Å². The van der Waals surface area contributed by atoms with Crippen LogP contribution in [0.15, 0.2) is 30.3 Å². The monoisotopic (exact) mass is 324 g/mol. The first kappa shape index (κ1) is 9.77. The molecule has 0 unspecified atom stereocenters. The van der Waals surface area contributed by atoms with Crippen molar-refractivity contribution in [2.24, 2.45) is 0 Å². The summed E-state index contributed by atoms with van der Waals surface area (Å²) < 4.78 is 5.65. The minimum atomic E-state index is -0.555. The highest BCUT2D eigenvalue weighted by Gasteiger charge is 2.31. The molecule has 4 heteroatoms. The Hall–Kier alpha value is -1.43. The molecule has 0 aliphatic carbocycles. The van der Waals surface area contributed by atoms with E-state index >= 15 is 0 Å². The molecule has 3 nitrogen and oxygen atoms in total. The molecule has 0 bridgehead atoms. The van der Waals surface area contributed by atoms with Gasteiger partial charge >= 0.3 is 11.9 Å². The van der Waals surface area contributed by atoms with Crippen LogP contribution >= 0.6 is 22.6 Å². The summed E-state index contributed by atoms with van der Waals surface area (Å²) in [7, 11) is 0. The quantitative estimate of drug-likeness (QED) is 0.425. The van der Waals surface area contributed by atoms with Gasteiger partial charge in [-0.3, -0.25) is 0 Å². The highest BCUT2D eigenvalue weighted by atomic mass is 127. The van der Waals surface area contributed by atoms with Crippen LogP contribution < -0.4 is 0 Å². The van der Waals surface area contributed by atoms with Crippen molar-refractivity contribution < 1.29 is 14.3 Å². The van der Waals surface area contributed by atoms with Crippen LogP contribution in [-0.4, -0.2) is 11.9 Å². The summed E-state index contributed by atoms with van der Waals surface area (Å²) in [5.74, 6) is -1.10. The summed E-state index contributed by atoms with van der Waals surface area (Å²) in [6, 6.07) is 9.14. The topological polar surface area (TPSA) is 43.4 Å². The van der Waals surface area contributed by atoms with Crippen LogP contribution in [0.2, 0.25) is 0 Å². The van der Waals surface area contributed by atoms with E-state index < -0.39 is 11.9 Å². The van der Waals surface area contributed by atoms with Crippen molar-refractivity contribution in [2.75, 3.05) is 0 Å². The summed E-state index contributed by atoms with van der Waals surface area (Å²) in [6.07, 6.45) is 0. The second-order valence-electron chi connectivity index (χ2n) is 3.50. The van der Waals surface area contributed by atoms with Crippen molar-refractivity contribution in [3.63, 3.8) is 0 Å². The number of benzene rings is 2. The second kappa shape index (κ2) is 3.28. The lowest BCUT2D eigenvalue weighted by molar-refractivity contribution is 0.0444. The molecule has 0 amide bonds. The first-order chi connectivity index (χ1) is 7.68. The van der Waals surface area contributed by atoms with Crippen LogP contribution in [0.1, 0.15) is 20.7 Å². The predicted octanol–water partition coefficient (Wildman–Crippen LogP) is 2.76. The molecule has 1 aliphatic heterocycles. The molecule has 0 radical (unpaired) electrons. The molecule has 2 aromatic carbocycles. The van der Waals surface area contributed by atoms with Gasteiger partial charge in [0.15, 0.2) is 0 Å². The average Bonchev–Trinajstić information content (AvgIpc) is 2.55. The van der Waals surface area contributed by atoms with Gasteiger partial charge in [-0.1, -0.05) is 18.2 Å². The Morgan fingerprint density at radius 3 is 2.56 bits per heavy atom. The van der Waals surface area contributed by atoms with Crippen molar-refractivity contribution in [3.05, 3.63) is 45.0 Å². The average molecular weight is 324 g/mol. The van der Waals surface area contributed by atoms with Gasteiger partial charge in [0.05, 0.1) is 11.1 Å². The first-order valence-electron chi connectivity index (χ1n) is 4.66. The highest BCUT2D eigenvalue weighted by molar-refractivity contribution is 14.1. The fraction of sp³-hybridized carbons (Fsp3) is 0. The Kier molecular flexibility index (Phi) is 2.00. The van der Waals surface area contributed by atoms with Crippen LogP contribution in [-0.2, 0) is 4.74 Å². The number of carbonyl (C=O) groups excluding carboxylic acids is 2. The molecule has 0 saturated carbocycles. The van der Waals surface area contributed by atoms with E-state index in [1.54, 1.807) is 6.07 Å². The molecule has 0 saturated heterocycles. The summed E-state index contributed by atoms with van der Waals surface area (Å²) in [4.78, 5) is 22.9. The van der Waals surface area contributed by atoms with E-state index in [2.05, 4.69) is 27.3 Å². The van der Waals surface area contributed by atoms with E-state index in [4.69, 9.17) is 0 Å². The smallest absolute Gasteiger partial charge is 0.347 e.